The van der Waals surface area contributed by atoms with Gasteiger partial charge in [0.1, 0.15) is 6.10 Å². The highest BCUT2D eigenvalue weighted by Crippen LogP contribution is 2.36. The third-order valence-electron chi connectivity index (χ3n) is 14.2. The van der Waals surface area contributed by atoms with E-state index in [1.54, 1.807) is 16.7 Å². The van der Waals surface area contributed by atoms with Crippen LogP contribution in [0.1, 0.15) is 289 Å². The average molecular weight is 1160 g/mol. The number of likely N-dealkylation sites (tertiary alicyclic amines) is 1. The van der Waals surface area contributed by atoms with Crippen molar-refractivity contribution in [3.05, 3.63) is 0 Å². The molecule has 480 valence electrons. The van der Waals surface area contributed by atoms with Crippen LogP contribution in [0.15, 0.2) is 0 Å². The first kappa shape index (κ1) is 83.5. The minimum atomic E-state index is -0.745. The van der Waals surface area contributed by atoms with Crippen LogP contribution in [0.2, 0.25) is 0 Å². The van der Waals surface area contributed by atoms with Gasteiger partial charge in [0, 0.05) is 32.2 Å². The number of esters is 4. The molecule has 1 saturated carbocycles. The maximum Gasteiger partial charge on any atom is 0.409 e. The van der Waals surface area contributed by atoms with Gasteiger partial charge in [-0.3, -0.25) is 33.7 Å². The highest BCUT2D eigenvalue weighted by molar-refractivity contribution is 5.75. The van der Waals surface area contributed by atoms with E-state index in [2.05, 4.69) is 48.5 Å². The van der Waals surface area contributed by atoms with Crippen LogP contribution in [-0.2, 0) is 57.2 Å². The molecule has 1 amide bonds. The Morgan fingerprint density at radius 2 is 0.901 bits per heavy atom. The van der Waals surface area contributed by atoms with Crippen LogP contribution in [-0.4, -0.2) is 129 Å². The van der Waals surface area contributed by atoms with Gasteiger partial charge in [0.25, 0.3) is 6.47 Å². The molecule has 0 aromatic carbocycles. The van der Waals surface area contributed by atoms with E-state index >= 15 is 0 Å². The molecule has 2 aliphatic rings. The lowest BCUT2D eigenvalue weighted by Crippen LogP contribution is -2.36. The maximum absolute atomic E-state index is 11.9. The average Bonchev–Trinajstić information content (AvgIpc) is 3.93. The van der Waals surface area contributed by atoms with E-state index in [0.29, 0.717) is 90.2 Å². The number of carboxylic acid groups (broad SMARTS) is 1. The highest BCUT2D eigenvalue weighted by Gasteiger charge is 2.33. The fourth-order valence-electron chi connectivity index (χ4n) is 8.35. The largest absolute Gasteiger partial charge is 0.481 e. The summed E-state index contributed by atoms with van der Waals surface area (Å²) in [5.74, 6) is 0.368. The summed E-state index contributed by atoms with van der Waals surface area (Å²) in [5.41, 5.74) is 0. The lowest BCUT2D eigenvalue weighted by molar-refractivity contribution is -0.149. The smallest absolute Gasteiger partial charge is 0.409 e. The van der Waals surface area contributed by atoms with Crippen LogP contribution in [0.5, 0.6) is 0 Å². The standard InChI is InChI=1S/C22H43NO4.C14H28O2.C13H21NO4.C11H22O2.C3H6O2.C2H6/c1-4-7-9-11-13-15-17-26-21(24)19-23(6-3)20-22(25)27-18-16-14-12-10-8-5-2;1-4-6-7-8-9-10-11-16-14(15)12-13(3)5-2;1-2-10-3-4-11(10)8-17-13(16)14-6-5-12(7-14)18-9-15;1-3-5-6-7-8-9-10-13-11(12)4-2;1-2-3(4)5;1-2/h4-20H2,1-3H3;13H,4-12H2,1-3H3;9-12H,2-8H2,1H3;3-10H2,1-2H3;2H2,1H3,(H,4,5);1-2H3. The third kappa shape index (κ3) is 59.0. The van der Waals surface area contributed by atoms with E-state index < -0.39 is 5.97 Å². The Hall–Kier alpha value is -3.95. The first-order valence-electron chi connectivity index (χ1n) is 32.7. The topological polar surface area (TPSA) is 202 Å². The summed E-state index contributed by atoms with van der Waals surface area (Å²) >= 11 is 0. The van der Waals surface area contributed by atoms with Gasteiger partial charge in [-0.2, -0.15) is 0 Å². The Balaban J connectivity index is -0.000000483. The number of nitrogens with zero attached hydrogens (tertiary/aromatic N) is 2. The van der Waals surface area contributed by atoms with Crippen molar-refractivity contribution in [2.24, 2.45) is 17.8 Å². The van der Waals surface area contributed by atoms with E-state index in [-0.39, 0.29) is 55.6 Å². The molecule has 4 atom stereocenters. The second kappa shape index (κ2) is 65.2. The molecule has 0 spiro atoms. The molecule has 4 unspecified atom stereocenters. The second-order valence-corrected chi connectivity index (χ2v) is 21.2. The van der Waals surface area contributed by atoms with Crippen molar-refractivity contribution in [2.45, 2.75) is 295 Å². The molecule has 1 heterocycles. The molecular formula is C65H126N2O14. The Morgan fingerprint density at radius 3 is 1.23 bits per heavy atom. The molecular weight excluding hydrogens is 1030 g/mol. The summed E-state index contributed by atoms with van der Waals surface area (Å²) in [6, 6.07) is 0. The van der Waals surface area contributed by atoms with E-state index in [9.17, 15) is 33.6 Å². The van der Waals surface area contributed by atoms with Gasteiger partial charge < -0.3 is 38.4 Å². The van der Waals surface area contributed by atoms with Crippen LogP contribution < -0.4 is 0 Å². The number of hydrogen-bond acceptors (Lipinski definition) is 14. The number of carbonyl (C=O) groups excluding carboxylic acids is 6. The summed E-state index contributed by atoms with van der Waals surface area (Å²) in [6.45, 7) is 29.7. The first-order chi connectivity index (χ1) is 39.2. The summed E-state index contributed by atoms with van der Waals surface area (Å²) < 4.78 is 30.9. The molecule has 2 rings (SSSR count). The van der Waals surface area contributed by atoms with Gasteiger partial charge in [-0.1, -0.05) is 224 Å². The summed E-state index contributed by atoms with van der Waals surface area (Å²) in [5, 5.41) is 7.72. The number of likely N-dealkylation sites (N-methyl/N-ethyl adjacent to an activating group) is 1. The number of unbranched alkanes of at least 4 members (excludes halogenated alkanes) is 20. The van der Waals surface area contributed by atoms with E-state index in [1.807, 2.05) is 27.7 Å². The molecule has 1 saturated heterocycles. The molecule has 2 fully saturated rings. The minimum Gasteiger partial charge on any atom is -0.481 e. The van der Waals surface area contributed by atoms with Gasteiger partial charge in [-0.05, 0) is 62.8 Å². The Bertz CT molecular complexity index is 1420. The molecule has 16 heteroatoms. The van der Waals surface area contributed by atoms with Gasteiger partial charge >= 0.3 is 35.9 Å². The number of amides is 1. The Morgan fingerprint density at radius 1 is 0.519 bits per heavy atom. The quantitative estimate of drug-likeness (QED) is 0.0261. The number of hydrogen-bond donors (Lipinski definition) is 1. The molecule has 0 radical (unpaired) electrons. The second-order valence-electron chi connectivity index (χ2n) is 21.2. The van der Waals surface area contributed by atoms with Crippen LogP contribution >= 0.6 is 0 Å². The number of aliphatic carboxylic acids is 1. The minimum absolute atomic E-state index is 0.0251. The van der Waals surface area contributed by atoms with Gasteiger partial charge in [-0.15, -0.1) is 0 Å². The van der Waals surface area contributed by atoms with Crippen molar-refractivity contribution in [1.29, 1.82) is 0 Å². The van der Waals surface area contributed by atoms with Gasteiger partial charge in [-0.25, -0.2) is 4.79 Å². The normalized spacial score (nSPS) is 15.1. The predicted molar refractivity (Wildman–Crippen MR) is 328 cm³/mol. The van der Waals surface area contributed by atoms with E-state index in [0.717, 1.165) is 50.9 Å². The zero-order valence-electron chi connectivity index (χ0n) is 54.2. The molecule has 1 aliphatic heterocycles. The fourth-order valence-corrected chi connectivity index (χ4v) is 8.35. The van der Waals surface area contributed by atoms with Gasteiger partial charge in [0.05, 0.1) is 52.7 Å². The van der Waals surface area contributed by atoms with Crippen LogP contribution in [0.4, 0.5) is 4.79 Å². The molecule has 16 nitrogen and oxygen atoms in total. The SMILES string of the molecule is CC.CCC(=O)O.CCC1CCC1COC(=O)N1CCC(OC=O)C1.CCCCCCCCOC(=O)CC.CCCCCCCCOC(=O)CC(C)CC.CCCCCCCCOC(=O)CN(CC)CC(=O)OCCCCCCCC. The van der Waals surface area contributed by atoms with Crippen LogP contribution in [0.3, 0.4) is 0 Å². The van der Waals surface area contributed by atoms with E-state index in [1.165, 1.54) is 135 Å². The Kier molecular flexibility index (Phi) is 67.2. The lowest BCUT2D eigenvalue weighted by atomic mass is 9.73. The highest BCUT2D eigenvalue weighted by atomic mass is 16.6. The summed E-state index contributed by atoms with van der Waals surface area (Å²) in [6.07, 6.45) is 35.1. The Labute approximate surface area is 495 Å². The monoisotopic (exact) mass is 1160 g/mol. The molecule has 81 heavy (non-hydrogen) atoms. The van der Waals surface area contributed by atoms with Crippen molar-refractivity contribution in [3.63, 3.8) is 0 Å². The van der Waals surface area contributed by atoms with Crippen molar-refractivity contribution in [1.82, 2.24) is 9.80 Å². The molecule has 0 bridgehead atoms. The zero-order chi connectivity index (χ0) is 61.6. The number of ether oxygens (including phenoxy) is 6. The fraction of sp³-hybridized carbons (Fsp3) is 0.892. The van der Waals surface area contributed by atoms with Crippen molar-refractivity contribution >= 4 is 42.4 Å². The predicted octanol–water partition coefficient (Wildman–Crippen LogP) is 16.1. The zero-order valence-corrected chi connectivity index (χ0v) is 54.2. The van der Waals surface area contributed by atoms with Gasteiger partial charge in [0.2, 0.25) is 0 Å². The number of carboxylic acids is 1. The number of rotatable bonds is 43. The van der Waals surface area contributed by atoms with Crippen LogP contribution in [0.25, 0.3) is 0 Å². The lowest BCUT2D eigenvalue weighted by Gasteiger charge is -2.35. The third-order valence-corrected chi connectivity index (χ3v) is 14.2. The first-order valence-corrected chi connectivity index (χ1v) is 32.7. The maximum atomic E-state index is 11.9. The van der Waals surface area contributed by atoms with Gasteiger partial charge in [0.15, 0.2) is 0 Å². The summed E-state index contributed by atoms with van der Waals surface area (Å²) in [4.78, 5) is 80.6. The molecule has 1 N–H and O–H groups in total. The van der Waals surface area contributed by atoms with Crippen LogP contribution in [0, 0.1) is 17.8 Å². The molecule has 0 aromatic rings. The van der Waals surface area contributed by atoms with Crippen molar-refractivity contribution < 1.29 is 67.1 Å². The summed E-state index contributed by atoms with van der Waals surface area (Å²) in [7, 11) is 0. The van der Waals surface area contributed by atoms with E-state index in [4.69, 9.17) is 33.5 Å². The van der Waals surface area contributed by atoms with Crippen molar-refractivity contribution in [2.75, 3.05) is 65.8 Å². The van der Waals surface area contributed by atoms with Crippen molar-refractivity contribution in [3.8, 4) is 0 Å². The molecule has 0 aromatic heterocycles. The number of carbonyl (C=O) groups is 7. The molecule has 1 aliphatic carbocycles.